The fourth-order valence-corrected chi connectivity index (χ4v) is 7.13. The third-order valence-corrected chi connectivity index (χ3v) is 9.32. The molecule has 0 spiro atoms. The zero-order chi connectivity index (χ0) is 27.9. The Kier molecular flexibility index (Phi) is 10.6. The second-order valence-corrected chi connectivity index (χ2v) is 13.4. The molecule has 0 aliphatic rings. The minimum absolute atomic E-state index is 0.0745. The number of nitrogens with one attached hydrogen (secondary N) is 1. The molecule has 1 amide bonds. The summed E-state index contributed by atoms with van der Waals surface area (Å²) >= 11 is 3.39. The molecule has 3 rings (SSSR count). The van der Waals surface area contributed by atoms with Crippen LogP contribution in [0.15, 0.2) is 53.4 Å². The van der Waals surface area contributed by atoms with Crippen LogP contribution in [0, 0.1) is 13.8 Å². The minimum atomic E-state index is -0.914. The van der Waals surface area contributed by atoms with Crippen LogP contribution in [-0.2, 0) is 10.2 Å². The summed E-state index contributed by atoms with van der Waals surface area (Å²) in [6.45, 7) is 13.5. The van der Waals surface area contributed by atoms with Gasteiger partial charge in [-0.25, -0.2) is 0 Å². The number of hydrogen-bond acceptors (Lipinski definition) is 4. The normalized spacial score (nSPS) is 12.4. The lowest BCUT2D eigenvalue weighted by Crippen LogP contribution is -2.25. The van der Waals surface area contributed by atoms with E-state index in [2.05, 4.69) is 89.3 Å². The van der Waals surface area contributed by atoms with Crippen LogP contribution in [0.1, 0.15) is 96.3 Å². The fourth-order valence-electron chi connectivity index (χ4n) is 4.61. The summed E-state index contributed by atoms with van der Waals surface area (Å²) in [6, 6.07) is 17.5. The van der Waals surface area contributed by atoms with E-state index in [1.807, 2.05) is 17.8 Å². The van der Waals surface area contributed by atoms with Crippen LogP contribution in [-0.4, -0.2) is 23.5 Å². The number of amides is 1. The Morgan fingerprint density at radius 1 is 1.00 bits per heavy atom. The summed E-state index contributed by atoms with van der Waals surface area (Å²) in [7, 11) is 0. The number of carboxylic acid groups (broad SMARTS) is 1. The SMILES string of the molecule is CCCCCC(Sc1cc(C)c(-c2ccc(C(C)(C)C)cc2)c(C)c1)c1ccc(C(=O)NCCC(=O)O)s1. The summed E-state index contributed by atoms with van der Waals surface area (Å²) in [4.78, 5) is 26.3. The number of thioether (sulfide) groups is 1. The van der Waals surface area contributed by atoms with Gasteiger partial charge in [-0.05, 0) is 77.8 Å². The first kappa shape index (κ1) is 30.0. The standard InChI is InChI=1S/C32H41NO3S2/c1-7-8-9-10-26(27-15-16-28(38-27)31(36)33-18-17-29(34)35)37-25-19-21(2)30(22(3)20-25)23-11-13-24(14-12-23)32(4,5)6/h11-16,19-20,26H,7-10,17-18H2,1-6H3,(H,33,36)(H,34,35). The van der Waals surface area contributed by atoms with E-state index < -0.39 is 5.97 Å². The molecule has 1 heterocycles. The van der Waals surface area contributed by atoms with Crippen molar-refractivity contribution < 1.29 is 14.7 Å². The van der Waals surface area contributed by atoms with Gasteiger partial charge < -0.3 is 10.4 Å². The van der Waals surface area contributed by atoms with Gasteiger partial charge in [0.05, 0.1) is 11.3 Å². The topological polar surface area (TPSA) is 66.4 Å². The van der Waals surface area contributed by atoms with Gasteiger partial charge in [0.2, 0.25) is 0 Å². The molecular formula is C32H41NO3S2. The zero-order valence-corrected chi connectivity index (χ0v) is 25.2. The molecule has 6 heteroatoms. The molecule has 1 atom stereocenters. The maximum Gasteiger partial charge on any atom is 0.305 e. The molecule has 204 valence electrons. The number of carbonyl (C=O) groups excluding carboxylic acids is 1. The smallest absolute Gasteiger partial charge is 0.305 e. The van der Waals surface area contributed by atoms with Crippen molar-refractivity contribution in [1.29, 1.82) is 0 Å². The molecule has 0 aliphatic heterocycles. The molecule has 0 aliphatic carbocycles. The molecular weight excluding hydrogens is 510 g/mol. The largest absolute Gasteiger partial charge is 0.481 e. The zero-order valence-electron chi connectivity index (χ0n) is 23.5. The Hall–Kier alpha value is -2.57. The molecule has 0 fully saturated rings. The number of aryl methyl sites for hydroxylation is 2. The first-order chi connectivity index (χ1) is 18.0. The third kappa shape index (κ3) is 8.21. The monoisotopic (exact) mass is 551 g/mol. The highest BCUT2D eigenvalue weighted by molar-refractivity contribution is 7.99. The van der Waals surface area contributed by atoms with Crippen LogP contribution in [0.2, 0.25) is 0 Å². The molecule has 1 unspecified atom stereocenters. The lowest BCUT2D eigenvalue weighted by Gasteiger charge is -2.20. The first-order valence-electron chi connectivity index (χ1n) is 13.5. The van der Waals surface area contributed by atoms with Crippen LogP contribution in [0.3, 0.4) is 0 Å². The number of thiophene rings is 1. The summed E-state index contributed by atoms with van der Waals surface area (Å²) in [6.07, 6.45) is 4.47. The molecule has 0 radical (unpaired) electrons. The van der Waals surface area contributed by atoms with Gasteiger partial charge in [0.15, 0.2) is 0 Å². The predicted octanol–water partition coefficient (Wildman–Crippen LogP) is 8.95. The molecule has 1 aromatic heterocycles. The van der Waals surface area contributed by atoms with Crippen molar-refractivity contribution in [2.75, 3.05) is 6.54 Å². The first-order valence-corrected chi connectivity index (χ1v) is 15.2. The average Bonchev–Trinajstić information content (AvgIpc) is 3.33. The van der Waals surface area contributed by atoms with Gasteiger partial charge in [-0.3, -0.25) is 9.59 Å². The summed E-state index contributed by atoms with van der Waals surface area (Å²) in [5, 5.41) is 11.8. The highest BCUT2D eigenvalue weighted by atomic mass is 32.2. The number of unbranched alkanes of at least 4 members (excludes halogenated alkanes) is 2. The molecule has 0 saturated carbocycles. The quantitative estimate of drug-likeness (QED) is 0.174. The molecule has 2 aromatic carbocycles. The van der Waals surface area contributed by atoms with Crippen molar-refractivity contribution in [2.45, 2.75) is 89.2 Å². The van der Waals surface area contributed by atoms with Gasteiger partial charge >= 0.3 is 5.97 Å². The van der Waals surface area contributed by atoms with Crippen LogP contribution in [0.4, 0.5) is 0 Å². The van der Waals surface area contributed by atoms with Gasteiger partial charge in [-0.1, -0.05) is 71.2 Å². The molecule has 3 aromatic rings. The van der Waals surface area contributed by atoms with Gasteiger partial charge in [-0.15, -0.1) is 23.1 Å². The van der Waals surface area contributed by atoms with Crippen LogP contribution in [0.5, 0.6) is 0 Å². The predicted molar refractivity (Wildman–Crippen MR) is 162 cm³/mol. The maximum atomic E-state index is 12.5. The van der Waals surface area contributed by atoms with Crippen molar-refractivity contribution in [3.8, 4) is 11.1 Å². The van der Waals surface area contributed by atoms with E-state index in [4.69, 9.17) is 5.11 Å². The van der Waals surface area contributed by atoms with E-state index >= 15 is 0 Å². The Labute approximate surface area is 236 Å². The molecule has 0 saturated heterocycles. The highest BCUT2D eigenvalue weighted by Crippen LogP contribution is 2.43. The summed E-state index contributed by atoms with van der Waals surface area (Å²) in [5.41, 5.74) is 6.57. The number of carbonyl (C=O) groups is 2. The lowest BCUT2D eigenvalue weighted by molar-refractivity contribution is -0.136. The third-order valence-electron chi connectivity index (χ3n) is 6.69. The molecule has 0 bridgehead atoms. The fraction of sp³-hybridized carbons (Fsp3) is 0.438. The number of benzene rings is 2. The van der Waals surface area contributed by atoms with Crippen LogP contribution in [0.25, 0.3) is 11.1 Å². The molecule has 4 nitrogen and oxygen atoms in total. The van der Waals surface area contributed by atoms with Crippen LogP contribution < -0.4 is 5.32 Å². The highest BCUT2D eigenvalue weighted by Gasteiger charge is 2.20. The Bertz CT molecular complexity index is 1220. The van der Waals surface area contributed by atoms with Crippen molar-refractivity contribution >= 4 is 35.0 Å². The number of aliphatic carboxylic acids is 1. The summed E-state index contributed by atoms with van der Waals surface area (Å²) in [5.74, 6) is -1.11. The van der Waals surface area contributed by atoms with Crippen molar-refractivity contribution in [3.05, 3.63) is 75.0 Å². The second-order valence-electron chi connectivity index (χ2n) is 11.0. The minimum Gasteiger partial charge on any atom is -0.481 e. The van der Waals surface area contributed by atoms with E-state index in [9.17, 15) is 9.59 Å². The number of hydrogen-bond donors (Lipinski definition) is 2. The van der Waals surface area contributed by atoms with Gasteiger partial charge in [0.1, 0.15) is 0 Å². The van der Waals surface area contributed by atoms with Crippen molar-refractivity contribution in [3.63, 3.8) is 0 Å². The van der Waals surface area contributed by atoms with E-state index in [0.717, 1.165) is 12.8 Å². The summed E-state index contributed by atoms with van der Waals surface area (Å²) < 4.78 is 0. The maximum absolute atomic E-state index is 12.5. The Balaban J connectivity index is 1.81. The van der Waals surface area contributed by atoms with E-state index in [-0.39, 0.29) is 29.5 Å². The Morgan fingerprint density at radius 2 is 1.66 bits per heavy atom. The Morgan fingerprint density at radius 3 is 2.24 bits per heavy atom. The molecule has 2 N–H and O–H groups in total. The van der Waals surface area contributed by atoms with E-state index in [0.29, 0.717) is 4.88 Å². The van der Waals surface area contributed by atoms with Crippen molar-refractivity contribution in [1.82, 2.24) is 5.32 Å². The number of rotatable bonds is 12. The van der Waals surface area contributed by atoms with E-state index in [1.165, 1.54) is 61.8 Å². The molecule has 38 heavy (non-hydrogen) atoms. The van der Waals surface area contributed by atoms with Gasteiger partial charge in [-0.2, -0.15) is 0 Å². The van der Waals surface area contributed by atoms with Crippen molar-refractivity contribution in [2.24, 2.45) is 0 Å². The van der Waals surface area contributed by atoms with Crippen LogP contribution >= 0.6 is 23.1 Å². The van der Waals surface area contributed by atoms with E-state index in [1.54, 1.807) is 0 Å². The van der Waals surface area contributed by atoms with Gasteiger partial charge in [0.25, 0.3) is 5.91 Å². The number of carboxylic acids is 1. The lowest BCUT2D eigenvalue weighted by atomic mass is 9.85. The van der Waals surface area contributed by atoms with Gasteiger partial charge in [0, 0.05) is 21.6 Å². The second kappa shape index (κ2) is 13.5. The average molecular weight is 552 g/mol.